The Morgan fingerprint density at radius 3 is 2.72 bits per heavy atom. The minimum absolute atomic E-state index is 0.0351. The van der Waals surface area contributed by atoms with Crippen molar-refractivity contribution in [3.63, 3.8) is 0 Å². The Kier molecular flexibility index (Phi) is 4.58. The Hall–Kier alpha value is -1.10. The number of nitrogens with one attached hydrogen (secondary N) is 1. The Morgan fingerprint density at radius 2 is 2.11 bits per heavy atom. The largest absolute Gasteiger partial charge is 0.349 e. The number of amides is 1. The van der Waals surface area contributed by atoms with Crippen LogP contribution in [0.4, 0.5) is 0 Å². The molecule has 1 aliphatic rings. The zero-order chi connectivity index (χ0) is 13.0. The summed E-state index contributed by atoms with van der Waals surface area (Å²) in [6, 6.07) is 0.325. The molecule has 0 saturated heterocycles. The summed E-state index contributed by atoms with van der Waals surface area (Å²) >= 11 is 1.49. The van der Waals surface area contributed by atoms with Crippen LogP contribution in [0.1, 0.15) is 48.2 Å². The van der Waals surface area contributed by atoms with Crippen LogP contribution in [0.5, 0.6) is 0 Å². The molecule has 1 N–H and O–H groups in total. The molecule has 0 bridgehead atoms. The van der Waals surface area contributed by atoms with Gasteiger partial charge in [-0.2, -0.15) is 0 Å². The molecule has 0 spiro atoms. The molecule has 0 atom stereocenters. The molecule has 1 fully saturated rings. The summed E-state index contributed by atoms with van der Waals surface area (Å²) in [6.07, 6.45) is 9.46. The maximum absolute atomic E-state index is 12.1. The molecule has 1 heterocycles. The van der Waals surface area contributed by atoms with E-state index >= 15 is 0 Å². The maximum atomic E-state index is 12.1. The van der Waals surface area contributed by atoms with Crippen LogP contribution in [-0.4, -0.2) is 28.2 Å². The van der Waals surface area contributed by atoms with Gasteiger partial charge in [0.25, 0.3) is 5.91 Å². The number of nitrogens with zero attached hydrogens (tertiary/aromatic N) is 2. The standard InChI is InChI=1S/C13H19N3OS/c1-9-11(8-14-13(15-9)18-2)12(17)16-10-6-4-3-5-7-10/h8,10H,3-7H2,1-2H3,(H,16,17). The molecule has 1 aromatic heterocycles. The highest BCUT2D eigenvalue weighted by Crippen LogP contribution is 2.18. The number of carbonyl (C=O) groups excluding carboxylic acids is 1. The van der Waals surface area contributed by atoms with Gasteiger partial charge in [-0.25, -0.2) is 9.97 Å². The fraction of sp³-hybridized carbons (Fsp3) is 0.615. The SMILES string of the molecule is CSc1ncc(C(=O)NC2CCCCC2)c(C)n1. The lowest BCUT2D eigenvalue weighted by atomic mass is 9.95. The molecule has 98 valence electrons. The number of carbonyl (C=O) groups is 1. The quantitative estimate of drug-likeness (QED) is 0.674. The fourth-order valence-electron chi connectivity index (χ4n) is 2.28. The first kappa shape index (κ1) is 13.3. The van der Waals surface area contributed by atoms with Crippen molar-refractivity contribution in [2.24, 2.45) is 0 Å². The molecule has 0 unspecified atom stereocenters. The van der Waals surface area contributed by atoms with Gasteiger partial charge in [-0.1, -0.05) is 31.0 Å². The van der Waals surface area contributed by atoms with Gasteiger partial charge < -0.3 is 5.32 Å². The molecular formula is C13H19N3OS. The highest BCUT2D eigenvalue weighted by atomic mass is 32.2. The smallest absolute Gasteiger partial charge is 0.254 e. The van der Waals surface area contributed by atoms with Crippen molar-refractivity contribution in [1.82, 2.24) is 15.3 Å². The van der Waals surface area contributed by atoms with E-state index in [0.29, 0.717) is 16.8 Å². The predicted octanol–water partition coefficient (Wildman–Crippen LogP) is 2.57. The monoisotopic (exact) mass is 265 g/mol. The van der Waals surface area contributed by atoms with Gasteiger partial charge in [-0.15, -0.1) is 0 Å². The second-order valence-electron chi connectivity index (χ2n) is 4.66. The Bertz CT molecular complexity index is 430. The molecule has 2 rings (SSSR count). The number of hydrogen-bond acceptors (Lipinski definition) is 4. The van der Waals surface area contributed by atoms with Crippen molar-refractivity contribution < 1.29 is 4.79 Å². The number of rotatable bonds is 3. The summed E-state index contributed by atoms with van der Waals surface area (Å²) in [7, 11) is 0. The predicted molar refractivity (Wildman–Crippen MR) is 72.9 cm³/mol. The summed E-state index contributed by atoms with van der Waals surface area (Å²) in [6.45, 7) is 1.86. The molecule has 1 aliphatic carbocycles. The Labute approximate surface area is 112 Å². The first-order valence-electron chi connectivity index (χ1n) is 6.39. The second kappa shape index (κ2) is 6.18. The van der Waals surface area contributed by atoms with E-state index in [9.17, 15) is 4.79 Å². The van der Waals surface area contributed by atoms with Crippen molar-refractivity contribution in [2.45, 2.75) is 50.2 Å². The van der Waals surface area contributed by atoms with E-state index < -0.39 is 0 Å². The third-order valence-corrected chi connectivity index (χ3v) is 3.89. The van der Waals surface area contributed by atoms with E-state index in [1.54, 1.807) is 6.20 Å². The molecule has 0 radical (unpaired) electrons. The topological polar surface area (TPSA) is 54.9 Å². The van der Waals surface area contributed by atoms with E-state index in [4.69, 9.17) is 0 Å². The molecule has 0 aromatic carbocycles. The Balaban J connectivity index is 2.03. The van der Waals surface area contributed by atoms with Gasteiger partial charge >= 0.3 is 0 Å². The Morgan fingerprint density at radius 1 is 1.39 bits per heavy atom. The third kappa shape index (κ3) is 3.22. The van der Waals surface area contributed by atoms with E-state index in [-0.39, 0.29) is 5.91 Å². The number of thioether (sulfide) groups is 1. The summed E-state index contributed by atoms with van der Waals surface area (Å²) in [5.74, 6) is -0.0351. The van der Waals surface area contributed by atoms with Crippen LogP contribution in [-0.2, 0) is 0 Å². The summed E-state index contributed by atoms with van der Waals surface area (Å²) in [5, 5.41) is 3.80. The van der Waals surface area contributed by atoms with Crippen molar-refractivity contribution >= 4 is 17.7 Å². The second-order valence-corrected chi connectivity index (χ2v) is 5.44. The number of aryl methyl sites for hydroxylation is 1. The highest BCUT2D eigenvalue weighted by Gasteiger charge is 2.18. The van der Waals surface area contributed by atoms with Gasteiger partial charge in [0.15, 0.2) is 5.16 Å². The number of aromatic nitrogens is 2. The minimum Gasteiger partial charge on any atom is -0.349 e. The van der Waals surface area contributed by atoms with Crippen molar-refractivity contribution in [3.05, 3.63) is 17.5 Å². The van der Waals surface area contributed by atoms with Crippen molar-refractivity contribution in [1.29, 1.82) is 0 Å². The highest BCUT2D eigenvalue weighted by molar-refractivity contribution is 7.98. The van der Waals surface area contributed by atoms with Crippen LogP contribution in [0.25, 0.3) is 0 Å². The summed E-state index contributed by atoms with van der Waals surface area (Å²) < 4.78 is 0. The van der Waals surface area contributed by atoms with E-state index in [1.165, 1.54) is 31.0 Å². The minimum atomic E-state index is -0.0351. The van der Waals surface area contributed by atoms with E-state index in [2.05, 4.69) is 15.3 Å². The van der Waals surface area contributed by atoms with Crippen LogP contribution in [0.2, 0.25) is 0 Å². The zero-order valence-corrected chi connectivity index (χ0v) is 11.7. The van der Waals surface area contributed by atoms with E-state index in [1.807, 2.05) is 13.2 Å². The van der Waals surface area contributed by atoms with Gasteiger partial charge in [-0.05, 0) is 26.0 Å². The average Bonchev–Trinajstić information content (AvgIpc) is 2.39. The first-order valence-corrected chi connectivity index (χ1v) is 7.61. The normalized spacial score (nSPS) is 16.6. The van der Waals surface area contributed by atoms with Gasteiger partial charge in [0.05, 0.1) is 11.3 Å². The number of hydrogen-bond donors (Lipinski definition) is 1. The van der Waals surface area contributed by atoms with E-state index in [0.717, 1.165) is 18.5 Å². The van der Waals surface area contributed by atoms with Crippen LogP contribution < -0.4 is 5.32 Å². The van der Waals surface area contributed by atoms with Crippen LogP contribution in [0.3, 0.4) is 0 Å². The lowest BCUT2D eigenvalue weighted by molar-refractivity contribution is 0.0926. The first-order chi connectivity index (χ1) is 8.70. The van der Waals surface area contributed by atoms with Gasteiger partial charge in [0.2, 0.25) is 0 Å². The van der Waals surface area contributed by atoms with Crippen LogP contribution >= 0.6 is 11.8 Å². The fourth-order valence-corrected chi connectivity index (χ4v) is 2.66. The molecule has 1 amide bonds. The maximum Gasteiger partial charge on any atom is 0.254 e. The zero-order valence-electron chi connectivity index (χ0n) is 10.9. The molecule has 0 aliphatic heterocycles. The van der Waals surface area contributed by atoms with Crippen LogP contribution in [0, 0.1) is 6.92 Å². The average molecular weight is 265 g/mol. The molecule has 1 saturated carbocycles. The van der Waals surface area contributed by atoms with Gasteiger partial charge in [-0.3, -0.25) is 4.79 Å². The molecule has 18 heavy (non-hydrogen) atoms. The molecule has 5 heteroatoms. The van der Waals surface area contributed by atoms with Gasteiger partial charge in [0, 0.05) is 12.2 Å². The lowest BCUT2D eigenvalue weighted by Gasteiger charge is -2.22. The van der Waals surface area contributed by atoms with Crippen LogP contribution in [0.15, 0.2) is 11.4 Å². The molecule has 1 aromatic rings. The third-order valence-electron chi connectivity index (χ3n) is 3.32. The van der Waals surface area contributed by atoms with Crippen molar-refractivity contribution in [2.75, 3.05) is 6.26 Å². The van der Waals surface area contributed by atoms with Gasteiger partial charge in [0.1, 0.15) is 0 Å². The lowest BCUT2D eigenvalue weighted by Crippen LogP contribution is -2.36. The summed E-state index contributed by atoms with van der Waals surface area (Å²) in [4.78, 5) is 20.6. The molecular weight excluding hydrogens is 246 g/mol. The van der Waals surface area contributed by atoms with Crippen molar-refractivity contribution in [3.8, 4) is 0 Å². The summed E-state index contributed by atoms with van der Waals surface area (Å²) in [5.41, 5.74) is 1.35. The molecule has 4 nitrogen and oxygen atoms in total.